The average molecular weight is 582 g/mol. The summed E-state index contributed by atoms with van der Waals surface area (Å²) >= 11 is 7.85. The van der Waals surface area contributed by atoms with Crippen LogP contribution in [0.2, 0.25) is 5.02 Å². The van der Waals surface area contributed by atoms with Gasteiger partial charge in [-0.25, -0.2) is 9.79 Å². The van der Waals surface area contributed by atoms with Crippen LogP contribution in [0.1, 0.15) is 41.8 Å². The number of para-hydroxylation sites is 1. The van der Waals surface area contributed by atoms with Crippen LogP contribution in [-0.4, -0.2) is 22.2 Å². The Balaban J connectivity index is 1.57. The molecule has 206 valence electrons. The number of aromatic nitrogens is 2. The van der Waals surface area contributed by atoms with Crippen LogP contribution in [0.5, 0.6) is 0 Å². The number of ether oxygens (including phenoxy) is 1. The topological polar surface area (TPSA) is 65.6 Å². The van der Waals surface area contributed by atoms with Crippen LogP contribution in [0.25, 0.3) is 17.0 Å². The molecule has 8 heteroatoms. The van der Waals surface area contributed by atoms with Crippen molar-refractivity contribution in [3.05, 3.63) is 137 Å². The van der Waals surface area contributed by atoms with Gasteiger partial charge in [-0.3, -0.25) is 9.36 Å². The first-order valence-corrected chi connectivity index (χ1v) is 14.6. The highest BCUT2D eigenvalue weighted by Crippen LogP contribution is 2.32. The van der Waals surface area contributed by atoms with E-state index in [4.69, 9.17) is 21.3 Å². The minimum atomic E-state index is -0.625. The zero-order valence-corrected chi connectivity index (χ0v) is 24.5. The number of nitrogens with zero attached hydrogens (tertiary/aromatic N) is 3. The molecule has 0 fully saturated rings. The molecule has 41 heavy (non-hydrogen) atoms. The number of allylic oxidation sites excluding steroid dienone is 1. The summed E-state index contributed by atoms with van der Waals surface area (Å²) < 4.78 is 9.58. The zero-order valence-electron chi connectivity index (χ0n) is 22.9. The largest absolute Gasteiger partial charge is 0.466 e. The van der Waals surface area contributed by atoms with Crippen LogP contribution in [0, 0.1) is 6.92 Å². The Morgan fingerprint density at radius 1 is 1.05 bits per heavy atom. The minimum absolute atomic E-state index is 0.193. The molecule has 6 rings (SSSR count). The Hall–Kier alpha value is -4.20. The van der Waals surface area contributed by atoms with Gasteiger partial charge in [0.2, 0.25) is 0 Å². The second kappa shape index (κ2) is 11.0. The molecule has 0 spiro atoms. The maximum absolute atomic E-state index is 14.1. The summed E-state index contributed by atoms with van der Waals surface area (Å²) in [5, 5.41) is 1.76. The van der Waals surface area contributed by atoms with Crippen LogP contribution in [-0.2, 0) is 16.1 Å². The van der Waals surface area contributed by atoms with Gasteiger partial charge in [-0.15, -0.1) is 0 Å². The van der Waals surface area contributed by atoms with Crippen LogP contribution in [0.4, 0.5) is 0 Å². The third kappa shape index (κ3) is 4.65. The molecule has 5 aromatic rings. The summed E-state index contributed by atoms with van der Waals surface area (Å²) in [6, 6.07) is 25.0. The number of methoxy groups -OCH3 is 1. The number of halogens is 1. The van der Waals surface area contributed by atoms with Crippen molar-refractivity contribution in [2.24, 2.45) is 4.99 Å². The fourth-order valence-electron chi connectivity index (χ4n) is 5.59. The molecule has 0 radical (unpaired) electrons. The molecule has 2 aromatic heterocycles. The zero-order chi connectivity index (χ0) is 28.7. The van der Waals surface area contributed by atoms with Gasteiger partial charge in [-0.2, -0.15) is 0 Å². The summed E-state index contributed by atoms with van der Waals surface area (Å²) in [4.78, 5) is 32.5. The molecular weight excluding hydrogens is 554 g/mol. The molecule has 0 bridgehead atoms. The van der Waals surface area contributed by atoms with E-state index in [1.54, 1.807) is 4.57 Å². The van der Waals surface area contributed by atoms with Gasteiger partial charge in [0, 0.05) is 33.7 Å². The van der Waals surface area contributed by atoms with Crippen molar-refractivity contribution in [1.29, 1.82) is 0 Å². The number of benzene rings is 3. The summed E-state index contributed by atoms with van der Waals surface area (Å²) in [7, 11) is 1.36. The van der Waals surface area contributed by atoms with Gasteiger partial charge >= 0.3 is 5.97 Å². The Morgan fingerprint density at radius 3 is 2.49 bits per heavy atom. The van der Waals surface area contributed by atoms with Gasteiger partial charge in [-0.05, 0) is 42.7 Å². The van der Waals surface area contributed by atoms with Crippen LogP contribution in [0.15, 0.2) is 99.9 Å². The van der Waals surface area contributed by atoms with Gasteiger partial charge < -0.3 is 9.30 Å². The third-order valence-electron chi connectivity index (χ3n) is 7.61. The number of fused-ring (bicyclic) bond motifs is 2. The first-order valence-electron chi connectivity index (χ1n) is 13.4. The van der Waals surface area contributed by atoms with Gasteiger partial charge in [0.15, 0.2) is 4.80 Å². The van der Waals surface area contributed by atoms with Crippen molar-refractivity contribution < 1.29 is 9.53 Å². The lowest BCUT2D eigenvalue weighted by Crippen LogP contribution is -2.40. The molecule has 0 saturated heterocycles. The molecule has 0 aliphatic carbocycles. The van der Waals surface area contributed by atoms with Gasteiger partial charge in [0.1, 0.15) is 0 Å². The Bertz CT molecular complexity index is 2020. The van der Waals surface area contributed by atoms with E-state index in [9.17, 15) is 9.59 Å². The van der Waals surface area contributed by atoms with E-state index in [1.165, 1.54) is 18.4 Å². The van der Waals surface area contributed by atoms with E-state index >= 15 is 0 Å². The molecule has 3 heterocycles. The van der Waals surface area contributed by atoms with Gasteiger partial charge in [0.25, 0.3) is 5.56 Å². The lowest BCUT2D eigenvalue weighted by atomic mass is 9.95. The molecule has 3 aromatic carbocycles. The SMILES string of the molecule is CCC1=C(C(=O)OC)[C@@H](c2ccccc2)n2c(s/c(=C/c3c(C)n(Cc4ccccc4Cl)c4ccccc34)c2=O)=N1. The third-order valence-corrected chi connectivity index (χ3v) is 8.96. The smallest absolute Gasteiger partial charge is 0.338 e. The summed E-state index contributed by atoms with van der Waals surface area (Å²) in [5.74, 6) is -0.479. The van der Waals surface area contributed by atoms with Crippen molar-refractivity contribution >= 4 is 45.9 Å². The van der Waals surface area contributed by atoms with E-state index in [0.717, 1.165) is 33.3 Å². The number of hydrogen-bond donors (Lipinski definition) is 0. The molecule has 0 amide bonds. The molecule has 0 N–H and O–H groups in total. The monoisotopic (exact) mass is 581 g/mol. The number of esters is 1. The molecule has 1 atom stereocenters. The number of rotatable bonds is 6. The van der Waals surface area contributed by atoms with Crippen molar-refractivity contribution in [3.8, 4) is 0 Å². The van der Waals surface area contributed by atoms with Crippen LogP contribution >= 0.6 is 22.9 Å². The lowest BCUT2D eigenvalue weighted by Gasteiger charge is -2.25. The highest BCUT2D eigenvalue weighted by atomic mass is 35.5. The quantitative estimate of drug-likeness (QED) is 0.239. The predicted molar refractivity (Wildman–Crippen MR) is 164 cm³/mol. The molecule has 1 aliphatic rings. The molecule has 0 saturated carbocycles. The molecule has 1 aliphatic heterocycles. The fourth-order valence-corrected chi connectivity index (χ4v) is 6.78. The van der Waals surface area contributed by atoms with Gasteiger partial charge in [0.05, 0.1) is 29.0 Å². The standard InChI is InChI=1S/C33H28ClN3O3S/c1-4-26-29(32(39)40-3)30(21-12-6-5-7-13-21)37-31(38)28(41-33(37)35-26)18-24-20(2)36(27-17-11-9-15-23(24)27)19-22-14-8-10-16-25(22)34/h5-18,30H,4,19H2,1-3H3/b28-18+/t30-/m1/s1. The highest BCUT2D eigenvalue weighted by Gasteiger charge is 2.33. The first kappa shape index (κ1) is 27.0. The summed E-state index contributed by atoms with van der Waals surface area (Å²) in [6.45, 7) is 4.63. The normalized spacial score (nSPS) is 15.2. The van der Waals surface area contributed by atoms with E-state index in [2.05, 4.69) is 23.6 Å². The fraction of sp³-hybridized carbons (Fsp3) is 0.182. The maximum Gasteiger partial charge on any atom is 0.338 e. The van der Waals surface area contributed by atoms with Crippen LogP contribution < -0.4 is 14.9 Å². The van der Waals surface area contributed by atoms with Crippen molar-refractivity contribution in [1.82, 2.24) is 9.13 Å². The Labute approximate surface area is 246 Å². The van der Waals surface area contributed by atoms with Crippen LogP contribution in [0.3, 0.4) is 0 Å². The molecular formula is C33H28ClN3O3S. The Kier molecular flexibility index (Phi) is 7.24. The number of carbonyl (C=O) groups excluding carboxylic acids is 1. The number of carbonyl (C=O) groups is 1. The molecule has 0 unspecified atom stereocenters. The predicted octanol–water partition coefficient (Wildman–Crippen LogP) is 5.76. The van der Waals surface area contributed by atoms with E-state index in [0.29, 0.717) is 38.6 Å². The highest BCUT2D eigenvalue weighted by molar-refractivity contribution is 7.07. The first-order chi connectivity index (χ1) is 19.9. The maximum atomic E-state index is 14.1. The minimum Gasteiger partial charge on any atom is -0.466 e. The Morgan fingerprint density at radius 2 is 1.76 bits per heavy atom. The number of hydrogen-bond acceptors (Lipinski definition) is 5. The summed E-state index contributed by atoms with van der Waals surface area (Å²) in [5.41, 5.74) is 5.74. The number of thiazole rings is 1. The van der Waals surface area contributed by atoms with E-state index in [-0.39, 0.29) is 5.56 Å². The van der Waals surface area contributed by atoms with Crippen molar-refractivity contribution in [2.75, 3.05) is 7.11 Å². The average Bonchev–Trinajstić information content (AvgIpc) is 3.45. The summed E-state index contributed by atoms with van der Waals surface area (Å²) in [6.07, 6.45) is 2.49. The van der Waals surface area contributed by atoms with E-state index in [1.807, 2.05) is 79.7 Å². The van der Waals surface area contributed by atoms with Crippen molar-refractivity contribution in [2.45, 2.75) is 32.9 Å². The second-order valence-electron chi connectivity index (χ2n) is 9.89. The lowest BCUT2D eigenvalue weighted by molar-refractivity contribution is -0.136. The molecule has 6 nitrogen and oxygen atoms in total. The van der Waals surface area contributed by atoms with Crippen molar-refractivity contribution in [3.63, 3.8) is 0 Å². The van der Waals surface area contributed by atoms with E-state index < -0.39 is 12.0 Å². The van der Waals surface area contributed by atoms with Gasteiger partial charge in [-0.1, -0.05) is 96.6 Å². The second-order valence-corrected chi connectivity index (χ2v) is 11.3.